The number of allylic oxidation sites excluding steroid dienone is 8. The molecule has 8 aliphatic rings. The van der Waals surface area contributed by atoms with E-state index >= 15 is 0 Å². The molecular weight excluding hydrogens is 1360 g/mol. The number of rotatable bonds is 17. The first-order valence-electron chi connectivity index (χ1n) is 44.6. The van der Waals surface area contributed by atoms with Gasteiger partial charge in [0.05, 0.1) is 18.9 Å². The monoisotopic (exact) mass is 1470 g/mol. The Hall–Kier alpha value is -11.7. The van der Waals surface area contributed by atoms with E-state index < -0.39 is 6.04 Å². The Labute approximate surface area is 677 Å². The standard InChI is InChI=1S/C108H99BN4/c1-10-30-76(31-11-1)81-52-60-90(61-53-81)110(91-62-54-82(55-63-91)77-32-12-2-13-33-77)94-68-70-100-102(74-94)112(107-96(85-40-20-6-21-41-85)48-28-49-97(107)86-42-22-7-23-43-86)104-72-89(80-38-18-5-19-39-80)73-105-106(104)109(100)101-71-69-95(75-103(101)113(105)108-98(87-44-24-8-25-45-87)50-29-51-99(108)88-46-26-9-27-47-88)111(92-64-56-83(57-65-92)78-34-14-3-15-35-78)93-66-58-84(59-67-93)79-36-16-4-17-37-79/h1-6,8,10-20,24,30-39,42,46,48,50,52-75,85,87,97,99,107-108H,7,9,21-23,25-29,40-41,43-45,47,49,51H2/i5D,18D,19D,38D,39D. The molecule has 0 bridgehead atoms. The maximum Gasteiger partial charge on any atom is 0.252 e. The molecule has 0 aromatic heterocycles. The van der Waals surface area contributed by atoms with Crippen LogP contribution in [0, 0.1) is 23.7 Å². The van der Waals surface area contributed by atoms with Crippen LogP contribution in [0.4, 0.5) is 56.9 Å². The Bertz CT molecular complexity index is 5420. The molecule has 0 fully saturated rings. The molecule has 0 saturated heterocycles. The van der Waals surface area contributed by atoms with Gasteiger partial charge in [-0.25, -0.2) is 0 Å². The van der Waals surface area contributed by atoms with Crippen molar-refractivity contribution in [3.05, 3.63) is 368 Å². The van der Waals surface area contributed by atoms with Gasteiger partial charge in [0.25, 0.3) is 6.71 Å². The van der Waals surface area contributed by atoms with Crippen LogP contribution < -0.4 is 36.0 Å². The minimum atomic E-state index is -0.392. The van der Waals surface area contributed by atoms with E-state index in [0.29, 0.717) is 17.4 Å². The van der Waals surface area contributed by atoms with Gasteiger partial charge < -0.3 is 19.6 Å². The van der Waals surface area contributed by atoms with E-state index in [1.807, 2.05) is 0 Å². The van der Waals surface area contributed by atoms with E-state index in [1.165, 1.54) is 40.4 Å². The van der Waals surface area contributed by atoms with E-state index in [0.717, 1.165) is 204 Å². The van der Waals surface area contributed by atoms with Crippen molar-refractivity contribution in [1.82, 2.24) is 0 Å². The molecule has 12 aromatic carbocycles. The lowest BCUT2D eigenvalue weighted by Gasteiger charge is -2.53. The number of nitrogens with zero attached hydrogens (tertiary/aromatic N) is 4. The molecule has 6 atom stereocenters. The molecule has 0 amide bonds. The van der Waals surface area contributed by atoms with Crippen LogP contribution in [0.2, 0.25) is 0 Å². The number of anilines is 10. The van der Waals surface area contributed by atoms with Crippen molar-refractivity contribution in [2.24, 2.45) is 23.7 Å². The van der Waals surface area contributed by atoms with Crippen molar-refractivity contribution in [3.8, 4) is 55.6 Å². The summed E-state index contributed by atoms with van der Waals surface area (Å²) in [5, 5.41) is 0. The van der Waals surface area contributed by atoms with E-state index in [-0.39, 0.29) is 60.4 Å². The second-order valence-electron chi connectivity index (χ2n) is 32.6. The third-order valence-corrected chi connectivity index (χ3v) is 26.2. The Morgan fingerprint density at radius 2 is 0.664 bits per heavy atom. The SMILES string of the molecule is [2H]c1c([2H])c([2H])c(-c2cc3c4c(c2)N(C2C(C5CC=CCC5)=CCCC2C2=CCCCC2)c2cc(N(c5ccc(-c6ccccc6)cc5)c5ccc(-c6ccccc6)cc5)ccc2B4c2ccc(N(c4ccc(-c5ccccc5)cc4)c4ccc(-c5ccccc5)cc4)cc2N3C2C(C3CC=CCC3)=CCCC2C2=CCCCC2)c([2H])c1[2H]. The van der Waals surface area contributed by atoms with E-state index in [2.05, 4.69) is 335 Å². The van der Waals surface area contributed by atoms with Crippen molar-refractivity contribution in [1.29, 1.82) is 0 Å². The molecule has 4 nitrogen and oxygen atoms in total. The minimum absolute atomic E-state index is 0.139. The van der Waals surface area contributed by atoms with Crippen molar-refractivity contribution in [2.75, 3.05) is 19.6 Å². The fourth-order valence-electron chi connectivity index (χ4n) is 20.8. The molecular formula is C108H99BN4. The quantitative estimate of drug-likeness (QED) is 0.0665. The average molecular weight is 1470 g/mol. The van der Waals surface area contributed by atoms with Crippen LogP contribution in [-0.4, -0.2) is 18.8 Å². The summed E-state index contributed by atoms with van der Waals surface area (Å²) in [6.45, 7) is -0.339. The summed E-state index contributed by atoms with van der Waals surface area (Å²) in [5.74, 6) is 0.900. The maximum absolute atomic E-state index is 10.3. The third-order valence-electron chi connectivity index (χ3n) is 26.2. The second-order valence-corrected chi connectivity index (χ2v) is 32.6. The largest absolute Gasteiger partial charge is 0.334 e. The van der Waals surface area contributed by atoms with Gasteiger partial charge >= 0.3 is 0 Å². The maximum atomic E-state index is 10.3. The molecule has 12 aromatic rings. The third kappa shape index (κ3) is 13.7. The van der Waals surface area contributed by atoms with Gasteiger partial charge in [-0.05, 0) is 296 Å². The van der Waals surface area contributed by atoms with Crippen LogP contribution in [0.1, 0.15) is 122 Å². The van der Waals surface area contributed by atoms with Crippen molar-refractivity contribution < 1.29 is 6.85 Å². The summed E-state index contributed by atoms with van der Waals surface area (Å²) in [4.78, 5) is 10.6. The predicted octanol–water partition coefficient (Wildman–Crippen LogP) is 27.5. The summed E-state index contributed by atoms with van der Waals surface area (Å²) < 4.78 is 49.0. The lowest BCUT2D eigenvalue weighted by molar-refractivity contribution is 0.391. The Morgan fingerprint density at radius 3 is 1.01 bits per heavy atom. The average Bonchev–Trinajstić information content (AvgIpc) is 0.685. The molecule has 113 heavy (non-hydrogen) atoms. The molecule has 0 radical (unpaired) electrons. The highest BCUT2D eigenvalue weighted by atomic mass is 15.2. The van der Waals surface area contributed by atoms with Crippen LogP contribution in [0.15, 0.2) is 368 Å². The Balaban J connectivity index is 0.894. The highest BCUT2D eigenvalue weighted by Gasteiger charge is 2.51. The highest BCUT2D eigenvalue weighted by Crippen LogP contribution is 2.55. The van der Waals surface area contributed by atoms with Gasteiger partial charge in [0, 0.05) is 68.7 Å². The smallest absolute Gasteiger partial charge is 0.252 e. The van der Waals surface area contributed by atoms with Crippen LogP contribution in [0.3, 0.4) is 0 Å². The summed E-state index contributed by atoms with van der Waals surface area (Å²) >= 11 is 0. The van der Waals surface area contributed by atoms with Crippen LogP contribution in [0.5, 0.6) is 0 Å². The molecule has 2 aliphatic heterocycles. The topological polar surface area (TPSA) is 13.0 Å². The molecule has 6 unspecified atom stereocenters. The lowest BCUT2D eigenvalue weighted by atomic mass is 9.33. The number of hydrogen-bond acceptors (Lipinski definition) is 4. The van der Waals surface area contributed by atoms with E-state index in [4.69, 9.17) is 0 Å². The molecule has 20 rings (SSSR count). The first-order chi connectivity index (χ1) is 58.1. The van der Waals surface area contributed by atoms with E-state index in [9.17, 15) is 6.85 Å². The lowest BCUT2D eigenvalue weighted by Crippen LogP contribution is -2.65. The number of fused-ring (bicyclic) bond motifs is 4. The second kappa shape index (κ2) is 31.5. The zero-order valence-electron chi connectivity index (χ0n) is 69.6. The van der Waals surface area contributed by atoms with Gasteiger partial charge in [-0.2, -0.15) is 0 Å². The Kier molecular flexibility index (Phi) is 18.1. The van der Waals surface area contributed by atoms with Crippen LogP contribution in [0.25, 0.3) is 55.6 Å². The van der Waals surface area contributed by atoms with Gasteiger partial charge in [0.2, 0.25) is 0 Å². The number of benzene rings is 12. The molecule has 0 saturated carbocycles. The minimum Gasteiger partial charge on any atom is -0.334 e. The molecule has 0 N–H and O–H groups in total. The molecule has 554 valence electrons. The van der Waals surface area contributed by atoms with Gasteiger partial charge in [-0.15, -0.1) is 0 Å². The normalized spacial score (nSPS) is 21.0. The van der Waals surface area contributed by atoms with Gasteiger partial charge in [-0.3, -0.25) is 0 Å². The zero-order chi connectivity index (χ0) is 79.3. The van der Waals surface area contributed by atoms with Crippen LogP contribution in [-0.2, 0) is 0 Å². The fourth-order valence-corrected chi connectivity index (χ4v) is 20.8. The molecule has 2 heterocycles. The highest BCUT2D eigenvalue weighted by molar-refractivity contribution is 7.00. The first-order valence-corrected chi connectivity index (χ1v) is 42.1. The van der Waals surface area contributed by atoms with E-state index in [1.54, 1.807) is 11.1 Å². The fraction of sp³-hybridized carbons (Fsp3) is 0.222. The number of hydrogen-bond donors (Lipinski definition) is 0. The first kappa shape index (κ1) is 65.0. The molecule has 6 aliphatic carbocycles. The summed E-state index contributed by atoms with van der Waals surface area (Å²) in [5.41, 5.74) is 30.3. The molecule has 0 spiro atoms. The predicted molar refractivity (Wildman–Crippen MR) is 480 cm³/mol. The van der Waals surface area contributed by atoms with Gasteiger partial charge in [0.15, 0.2) is 0 Å². The zero-order valence-corrected chi connectivity index (χ0v) is 64.6. The van der Waals surface area contributed by atoms with Crippen molar-refractivity contribution >= 4 is 80.0 Å². The summed E-state index contributed by atoms with van der Waals surface area (Å²) in [6, 6.07) is 97.1. The Morgan fingerprint density at radius 1 is 0.301 bits per heavy atom. The van der Waals surface area contributed by atoms with Crippen molar-refractivity contribution in [2.45, 2.75) is 128 Å². The summed E-state index contributed by atoms with van der Waals surface area (Å²) in [6.07, 6.45) is 39.1. The van der Waals surface area contributed by atoms with Gasteiger partial charge in [-0.1, -0.05) is 272 Å². The van der Waals surface area contributed by atoms with Gasteiger partial charge in [0.1, 0.15) is 0 Å². The summed E-state index contributed by atoms with van der Waals surface area (Å²) in [7, 11) is 0. The molecule has 5 heteroatoms. The van der Waals surface area contributed by atoms with Crippen LogP contribution >= 0.6 is 0 Å². The van der Waals surface area contributed by atoms with Crippen molar-refractivity contribution in [3.63, 3.8) is 0 Å².